The first-order valence-corrected chi connectivity index (χ1v) is 7.90. The minimum atomic E-state index is -0.237. The Morgan fingerprint density at radius 1 is 1.33 bits per heavy atom. The highest BCUT2D eigenvalue weighted by Gasteiger charge is 2.09. The summed E-state index contributed by atoms with van der Waals surface area (Å²) in [7, 11) is 1.46. The Morgan fingerprint density at radius 2 is 2.08 bits per heavy atom. The van der Waals surface area contributed by atoms with Gasteiger partial charge in [0.05, 0.1) is 28.7 Å². The van der Waals surface area contributed by atoms with Gasteiger partial charge in [0.2, 0.25) is 0 Å². The zero-order valence-corrected chi connectivity index (χ0v) is 14.6. The Kier molecular flexibility index (Phi) is 4.35. The fourth-order valence-corrected chi connectivity index (χ4v) is 2.78. The van der Waals surface area contributed by atoms with E-state index in [1.807, 2.05) is 6.07 Å². The minimum Gasteiger partial charge on any atom is -0.503 e. The highest BCUT2D eigenvalue weighted by Crippen LogP contribution is 2.34. The van der Waals surface area contributed by atoms with Gasteiger partial charge in [0.25, 0.3) is 5.56 Å². The molecule has 0 aliphatic carbocycles. The first-order chi connectivity index (χ1) is 11.5. The van der Waals surface area contributed by atoms with Crippen molar-refractivity contribution in [2.24, 2.45) is 5.10 Å². The number of phenolic OH excluding ortho intramolecular Hbond substituents is 1. The van der Waals surface area contributed by atoms with E-state index in [9.17, 15) is 9.90 Å². The van der Waals surface area contributed by atoms with Gasteiger partial charge >= 0.3 is 0 Å². The zero-order chi connectivity index (χ0) is 17.3. The van der Waals surface area contributed by atoms with Crippen LogP contribution in [0.2, 0.25) is 0 Å². The van der Waals surface area contributed by atoms with Crippen molar-refractivity contribution >= 4 is 33.0 Å². The maximum atomic E-state index is 12.5. The fourth-order valence-electron chi connectivity index (χ4n) is 2.32. The van der Waals surface area contributed by atoms with Gasteiger partial charge in [0.15, 0.2) is 11.5 Å². The first kappa shape index (κ1) is 16.2. The molecular weight excluding hydrogens is 374 g/mol. The third-order valence-corrected chi connectivity index (χ3v) is 4.11. The van der Waals surface area contributed by atoms with Gasteiger partial charge in [-0.2, -0.15) is 9.78 Å². The topological polar surface area (TPSA) is 76.7 Å². The fraction of sp³-hybridized carbons (Fsp3) is 0.118. The van der Waals surface area contributed by atoms with E-state index in [1.165, 1.54) is 18.0 Å². The summed E-state index contributed by atoms with van der Waals surface area (Å²) in [5, 5.41) is 14.6. The number of aromatic nitrogens is 2. The normalized spacial score (nSPS) is 11.3. The van der Waals surface area contributed by atoms with E-state index in [0.717, 1.165) is 0 Å². The molecule has 0 amide bonds. The number of rotatable bonds is 3. The molecule has 0 fully saturated rings. The second-order valence-corrected chi connectivity index (χ2v) is 5.95. The van der Waals surface area contributed by atoms with Gasteiger partial charge in [-0.3, -0.25) is 4.79 Å². The summed E-state index contributed by atoms with van der Waals surface area (Å²) in [6.07, 6.45) is 1.51. The van der Waals surface area contributed by atoms with Crippen LogP contribution in [0.15, 0.2) is 50.8 Å². The van der Waals surface area contributed by atoms with Gasteiger partial charge in [-0.25, -0.2) is 4.98 Å². The molecular formula is C17H14BrN3O3. The maximum Gasteiger partial charge on any atom is 0.282 e. The predicted molar refractivity (Wildman–Crippen MR) is 96.1 cm³/mol. The largest absolute Gasteiger partial charge is 0.503 e. The van der Waals surface area contributed by atoms with Crippen LogP contribution >= 0.6 is 15.9 Å². The van der Waals surface area contributed by atoms with Crippen LogP contribution in [0, 0.1) is 6.92 Å². The number of fused-ring (bicyclic) bond motifs is 1. The van der Waals surface area contributed by atoms with Gasteiger partial charge < -0.3 is 9.84 Å². The van der Waals surface area contributed by atoms with Gasteiger partial charge in [0, 0.05) is 0 Å². The molecule has 0 atom stereocenters. The van der Waals surface area contributed by atoms with Crippen molar-refractivity contribution in [2.75, 3.05) is 7.11 Å². The number of hydrogen-bond acceptors (Lipinski definition) is 5. The summed E-state index contributed by atoms with van der Waals surface area (Å²) in [6, 6.07) is 10.4. The van der Waals surface area contributed by atoms with E-state index in [0.29, 0.717) is 32.5 Å². The Labute approximate surface area is 146 Å². The van der Waals surface area contributed by atoms with Crippen molar-refractivity contribution < 1.29 is 9.84 Å². The van der Waals surface area contributed by atoms with Crippen LogP contribution in [-0.2, 0) is 0 Å². The highest BCUT2D eigenvalue weighted by atomic mass is 79.9. The average Bonchev–Trinajstić information content (AvgIpc) is 2.57. The highest BCUT2D eigenvalue weighted by molar-refractivity contribution is 9.10. The van der Waals surface area contributed by atoms with Crippen LogP contribution < -0.4 is 10.3 Å². The maximum absolute atomic E-state index is 12.5. The van der Waals surface area contributed by atoms with Crippen molar-refractivity contribution in [1.82, 2.24) is 9.66 Å². The molecule has 0 bridgehead atoms. The Bertz CT molecular complexity index is 1010. The lowest BCUT2D eigenvalue weighted by molar-refractivity contribution is 0.372. The number of halogens is 1. The molecule has 3 aromatic rings. The van der Waals surface area contributed by atoms with Crippen molar-refractivity contribution in [2.45, 2.75) is 6.92 Å². The van der Waals surface area contributed by atoms with Crippen LogP contribution in [0.25, 0.3) is 10.9 Å². The number of aromatic hydroxyl groups is 1. The third kappa shape index (κ3) is 2.90. The number of phenols is 1. The van der Waals surface area contributed by atoms with Crippen LogP contribution in [0.5, 0.6) is 11.5 Å². The molecule has 6 nitrogen and oxygen atoms in total. The number of aryl methyl sites for hydroxylation is 1. The standard InChI is InChI=1S/C17H14BrN3O3/c1-10-20-14-6-4-3-5-12(14)17(23)21(10)19-9-11-7-13(18)16(22)15(8-11)24-2/h3-9,22H,1-2H3/b19-9+. The molecule has 0 spiro atoms. The molecule has 122 valence electrons. The van der Waals surface area contributed by atoms with Crippen molar-refractivity contribution in [3.63, 3.8) is 0 Å². The molecule has 0 saturated heterocycles. The Morgan fingerprint density at radius 3 is 2.83 bits per heavy atom. The summed E-state index contributed by atoms with van der Waals surface area (Å²) >= 11 is 3.25. The summed E-state index contributed by atoms with van der Waals surface area (Å²) in [5.74, 6) is 0.807. The van der Waals surface area contributed by atoms with Crippen molar-refractivity contribution in [1.29, 1.82) is 0 Å². The summed E-state index contributed by atoms with van der Waals surface area (Å²) in [4.78, 5) is 16.9. The zero-order valence-electron chi connectivity index (χ0n) is 13.0. The van der Waals surface area contributed by atoms with E-state index < -0.39 is 0 Å². The summed E-state index contributed by atoms with van der Waals surface area (Å²) in [6.45, 7) is 1.72. The summed E-state index contributed by atoms with van der Waals surface area (Å²) in [5.41, 5.74) is 1.07. The minimum absolute atomic E-state index is 0.00960. The lowest BCUT2D eigenvalue weighted by Crippen LogP contribution is -2.20. The molecule has 1 N–H and O–H groups in total. The Hall–Kier alpha value is -2.67. The molecule has 1 aromatic heterocycles. The van der Waals surface area contributed by atoms with Crippen LogP contribution in [0.3, 0.4) is 0 Å². The SMILES string of the molecule is COc1cc(/C=N/n2c(C)nc3ccccc3c2=O)cc(Br)c1O. The average molecular weight is 388 g/mol. The Balaban J connectivity index is 2.09. The van der Waals surface area contributed by atoms with E-state index in [2.05, 4.69) is 26.0 Å². The number of hydrogen-bond donors (Lipinski definition) is 1. The van der Waals surface area contributed by atoms with E-state index in [-0.39, 0.29) is 11.3 Å². The number of methoxy groups -OCH3 is 1. The molecule has 0 aliphatic rings. The van der Waals surface area contributed by atoms with Gasteiger partial charge in [0.1, 0.15) is 5.82 Å². The monoisotopic (exact) mass is 387 g/mol. The van der Waals surface area contributed by atoms with Gasteiger partial charge in [-0.15, -0.1) is 0 Å². The molecule has 2 aromatic carbocycles. The smallest absolute Gasteiger partial charge is 0.282 e. The molecule has 1 heterocycles. The quantitative estimate of drug-likeness (QED) is 0.700. The second-order valence-electron chi connectivity index (χ2n) is 5.09. The number of nitrogens with zero attached hydrogens (tertiary/aromatic N) is 3. The number of para-hydroxylation sites is 1. The number of benzene rings is 2. The van der Waals surface area contributed by atoms with Gasteiger partial charge in [-0.05, 0) is 52.7 Å². The first-order valence-electron chi connectivity index (χ1n) is 7.10. The predicted octanol–water partition coefficient (Wildman–Crippen LogP) is 3.06. The molecule has 0 saturated carbocycles. The van der Waals surface area contributed by atoms with Crippen molar-refractivity contribution in [3.05, 3.63) is 62.6 Å². The third-order valence-electron chi connectivity index (χ3n) is 3.51. The van der Waals surface area contributed by atoms with Crippen LogP contribution in [0.4, 0.5) is 0 Å². The lowest BCUT2D eigenvalue weighted by atomic mass is 10.2. The van der Waals surface area contributed by atoms with E-state index in [4.69, 9.17) is 4.74 Å². The van der Waals surface area contributed by atoms with E-state index in [1.54, 1.807) is 37.3 Å². The molecule has 3 rings (SSSR count). The molecule has 0 unspecified atom stereocenters. The van der Waals surface area contributed by atoms with E-state index >= 15 is 0 Å². The van der Waals surface area contributed by atoms with Crippen LogP contribution in [-0.4, -0.2) is 28.1 Å². The lowest BCUT2D eigenvalue weighted by Gasteiger charge is -2.07. The van der Waals surface area contributed by atoms with Gasteiger partial charge in [-0.1, -0.05) is 12.1 Å². The van der Waals surface area contributed by atoms with Crippen LogP contribution in [0.1, 0.15) is 11.4 Å². The molecule has 24 heavy (non-hydrogen) atoms. The second kappa shape index (κ2) is 6.45. The summed E-state index contributed by atoms with van der Waals surface area (Å²) < 4.78 is 6.82. The van der Waals surface area contributed by atoms with Crippen molar-refractivity contribution in [3.8, 4) is 11.5 Å². The number of ether oxygens (including phenoxy) is 1. The molecule has 0 aliphatic heterocycles. The molecule has 0 radical (unpaired) electrons. The molecule has 7 heteroatoms.